The van der Waals surface area contributed by atoms with Crippen LogP contribution in [0.2, 0.25) is 0 Å². The Morgan fingerprint density at radius 1 is 1.50 bits per heavy atom. The average molecular weight is 187 g/mol. The molecule has 0 bridgehead atoms. The fourth-order valence-electron chi connectivity index (χ4n) is 0.0630. The lowest BCUT2D eigenvalue weighted by Gasteiger charge is -1.62. The lowest BCUT2D eigenvalue weighted by molar-refractivity contribution is 0.480. The first kappa shape index (κ1) is 8.34. The molecule has 1 aliphatic rings. The number of hydrogen-bond acceptors (Lipinski definition) is 0. The molecule has 0 aromatic rings. The van der Waals surface area contributed by atoms with E-state index in [2.05, 4.69) is 15.9 Å². The highest BCUT2D eigenvalue weighted by atomic mass is 79.9. The minimum atomic E-state index is -0.417. The SMILES string of the molecule is FC1CC1.FCCBr. The summed E-state index contributed by atoms with van der Waals surface area (Å²) < 4.78 is 21.8. The zero-order valence-corrected chi connectivity index (χ0v) is 6.13. The van der Waals surface area contributed by atoms with Gasteiger partial charge in [-0.05, 0) is 12.8 Å². The lowest BCUT2D eigenvalue weighted by Crippen LogP contribution is -1.65. The van der Waals surface area contributed by atoms with Gasteiger partial charge in [-0.1, -0.05) is 15.9 Å². The van der Waals surface area contributed by atoms with Gasteiger partial charge in [0.15, 0.2) is 0 Å². The standard InChI is InChI=1S/C3H5F.C2H4BrF/c4-3-1-2-3;3-1-2-4/h3H,1-2H2;1-2H2. The van der Waals surface area contributed by atoms with E-state index in [4.69, 9.17) is 0 Å². The quantitative estimate of drug-likeness (QED) is 0.553. The van der Waals surface area contributed by atoms with Gasteiger partial charge >= 0.3 is 0 Å². The summed E-state index contributed by atoms with van der Waals surface area (Å²) in [6, 6.07) is 0. The molecule has 3 heteroatoms. The highest BCUT2D eigenvalue weighted by molar-refractivity contribution is 9.09. The molecule has 0 aromatic carbocycles. The second-order valence-corrected chi connectivity index (χ2v) is 2.35. The van der Waals surface area contributed by atoms with Crippen molar-refractivity contribution in [3.8, 4) is 0 Å². The molecule has 0 unspecified atom stereocenters. The van der Waals surface area contributed by atoms with E-state index < -0.39 is 6.17 Å². The van der Waals surface area contributed by atoms with Crippen molar-refractivity contribution >= 4 is 15.9 Å². The van der Waals surface area contributed by atoms with Gasteiger partial charge in [0, 0.05) is 5.33 Å². The first-order valence-electron chi connectivity index (χ1n) is 2.57. The molecule has 0 heterocycles. The smallest absolute Gasteiger partial charge is 0.100 e. The van der Waals surface area contributed by atoms with Crippen LogP contribution in [0.3, 0.4) is 0 Å². The van der Waals surface area contributed by atoms with E-state index in [0.717, 1.165) is 12.8 Å². The molecule has 0 spiro atoms. The molecule has 1 saturated carbocycles. The van der Waals surface area contributed by atoms with Crippen LogP contribution in [-0.2, 0) is 0 Å². The fraction of sp³-hybridized carbons (Fsp3) is 1.00. The molecule has 0 aliphatic heterocycles. The number of hydrogen-bond donors (Lipinski definition) is 0. The molecule has 0 nitrogen and oxygen atoms in total. The molecule has 1 rings (SSSR count). The van der Waals surface area contributed by atoms with Crippen molar-refractivity contribution in [2.45, 2.75) is 19.0 Å². The van der Waals surface area contributed by atoms with Crippen LogP contribution in [0.5, 0.6) is 0 Å². The Hall–Kier alpha value is 0.340. The van der Waals surface area contributed by atoms with E-state index >= 15 is 0 Å². The van der Waals surface area contributed by atoms with Crippen LogP contribution in [0, 0.1) is 0 Å². The molecule has 0 aromatic heterocycles. The molecule has 1 fully saturated rings. The van der Waals surface area contributed by atoms with Gasteiger partial charge in [-0.25, -0.2) is 4.39 Å². The molecule has 0 N–H and O–H groups in total. The normalized spacial score (nSPS) is 16.9. The third-order valence-corrected chi connectivity index (χ3v) is 0.878. The number of alkyl halides is 3. The van der Waals surface area contributed by atoms with E-state index in [-0.39, 0.29) is 6.67 Å². The van der Waals surface area contributed by atoms with Crippen molar-refractivity contribution in [2.75, 3.05) is 12.0 Å². The molecule has 8 heavy (non-hydrogen) atoms. The molecule has 0 saturated heterocycles. The second-order valence-electron chi connectivity index (χ2n) is 1.55. The van der Waals surface area contributed by atoms with Crippen LogP contribution in [0.15, 0.2) is 0 Å². The Bertz CT molecular complexity index is 43.7. The van der Waals surface area contributed by atoms with E-state index in [9.17, 15) is 8.78 Å². The van der Waals surface area contributed by atoms with Crippen molar-refractivity contribution in [1.29, 1.82) is 0 Å². The molecule has 0 radical (unpaired) electrons. The molecule has 1 aliphatic carbocycles. The van der Waals surface area contributed by atoms with Gasteiger partial charge in [0.2, 0.25) is 0 Å². The summed E-state index contributed by atoms with van der Waals surface area (Å²) in [5, 5.41) is 0.465. The Labute approximate surface area is 56.4 Å². The van der Waals surface area contributed by atoms with Crippen LogP contribution in [0.4, 0.5) is 8.78 Å². The van der Waals surface area contributed by atoms with Crippen molar-refractivity contribution in [3.05, 3.63) is 0 Å². The Morgan fingerprint density at radius 2 is 1.75 bits per heavy atom. The monoisotopic (exact) mass is 186 g/mol. The summed E-state index contributed by atoms with van der Waals surface area (Å²) >= 11 is 2.87. The summed E-state index contributed by atoms with van der Waals surface area (Å²) in [6.45, 7) is -0.264. The summed E-state index contributed by atoms with van der Waals surface area (Å²) in [6.07, 6.45) is 1.22. The highest BCUT2D eigenvalue weighted by Crippen LogP contribution is 2.22. The molecular weight excluding hydrogens is 178 g/mol. The van der Waals surface area contributed by atoms with Gasteiger partial charge in [0.25, 0.3) is 0 Å². The summed E-state index contributed by atoms with van der Waals surface area (Å²) in [4.78, 5) is 0. The zero-order valence-electron chi connectivity index (χ0n) is 4.54. The Morgan fingerprint density at radius 3 is 1.75 bits per heavy atom. The minimum Gasteiger partial charge on any atom is -0.250 e. The minimum absolute atomic E-state index is 0.264. The van der Waals surface area contributed by atoms with Gasteiger partial charge in [-0.2, -0.15) is 0 Å². The summed E-state index contributed by atoms with van der Waals surface area (Å²) in [5.41, 5.74) is 0. The van der Waals surface area contributed by atoms with Crippen molar-refractivity contribution < 1.29 is 8.78 Å². The van der Waals surface area contributed by atoms with Crippen LogP contribution < -0.4 is 0 Å². The van der Waals surface area contributed by atoms with Gasteiger partial charge < -0.3 is 0 Å². The summed E-state index contributed by atoms with van der Waals surface area (Å²) in [7, 11) is 0. The Balaban J connectivity index is 0.000000122. The van der Waals surface area contributed by atoms with E-state index in [0.29, 0.717) is 5.33 Å². The first-order valence-corrected chi connectivity index (χ1v) is 3.69. The number of halogens is 3. The lowest BCUT2D eigenvalue weighted by atomic mass is 10.9. The predicted molar refractivity (Wildman–Crippen MR) is 33.9 cm³/mol. The fourth-order valence-corrected chi connectivity index (χ4v) is 0.0630. The van der Waals surface area contributed by atoms with Gasteiger partial charge in [0.05, 0.1) is 6.67 Å². The van der Waals surface area contributed by atoms with Crippen LogP contribution in [-0.4, -0.2) is 18.2 Å². The maximum atomic E-state index is 11.1. The van der Waals surface area contributed by atoms with E-state index in [1.54, 1.807) is 0 Å². The largest absolute Gasteiger partial charge is 0.250 e. The van der Waals surface area contributed by atoms with Crippen molar-refractivity contribution in [3.63, 3.8) is 0 Å². The molecule has 50 valence electrons. The topological polar surface area (TPSA) is 0 Å². The molecule has 0 atom stereocenters. The maximum Gasteiger partial charge on any atom is 0.100 e. The average Bonchev–Trinajstić information content (AvgIpc) is 2.52. The Kier molecular flexibility index (Phi) is 5.71. The highest BCUT2D eigenvalue weighted by Gasteiger charge is 2.18. The second kappa shape index (κ2) is 5.48. The van der Waals surface area contributed by atoms with E-state index in [1.807, 2.05) is 0 Å². The predicted octanol–water partition coefficient (Wildman–Crippen LogP) is 2.47. The third-order valence-electron chi connectivity index (χ3n) is 0.578. The van der Waals surface area contributed by atoms with Gasteiger partial charge in [0.1, 0.15) is 6.17 Å². The summed E-state index contributed by atoms with van der Waals surface area (Å²) in [5.74, 6) is 0. The van der Waals surface area contributed by atoms with Crippen LogP contribution >= 0.6 is 15.9 Å². The van der Waals surface area contributed by atoms with Crippen LogP contribution in [0.1, 0.15) is 12.8 Å². The van der Waals surface area contributed by atoms with Gasteiger partial charge in [-0.15, -0.1) is 0 Å². The number of rotatable bonds is 1. The maximum absolute atomic E-state index is 11.1. The molecule has 0 amide bonds. The third kappa shape index (κ3) is 9.60. The first-order chi connectivity index (χ1) is 3.81. The molecular formula is C5H9BrF2. The zero-order chi connectivity index (χ0) is 6.41. The van der Waals surface area contributed by atoms with E-state index in [1.165, 1.54) is 0 Å². The van der Waals surface area contributed by atoms with Gasteiger partial charge in [-0.3, -0.25) is 4.39 Å². The van der Waals surface area contributed by atoms with Crippen LogP contribution in [0.25, 0.3) is 0 Å². The van der Waals surface area contributed by atoms with Crippen molar-refractivity contribution in [2.24, 2.45) is 0 Å². The van der Waals surface area contributed by atoms with Crippen molar-refractivity contribution in [1.82, 2.24) is 0 Å².